The highest BCUT2D eigenvalue weighted by atomic mass is 19.1. The van der Waals surface area contributed by atoms with Crippen LogP contribution in [0.25, 0.3) is 0 Å². The number of guanidine groups is 1. The van der Waals surface area contributed by atoms with Crippen LogP contribution in [0.5, 0.6) is 40.5 Å². The number of amidine groups is 1. The lowest BCUT2D eigenvalue weighted by molar-refractivity contribution is 0.0526. The number of hydrogen-bond acceptors (Lipinski definition) is 9. The Morgan fingerprint density at radius 1 is 0.905 bits per heavy atom. The fraction of sp³-hybridized carbons (Fsp3) is 0.0714. The number of ether oxygens (including phenoxy) is 4. The molecule has 0 radical (unpaired) electrons. The van der Waals surface area contributed by atoms with Gasteiger partial charge < -0.3 is 40.8 Å². The van der Waals surface area contributed by atoms with Crippen molar-refractivity contribution in [1.82, 2.24) is 4.98 Å². The number of benzene rings is 3. The summed E-state index contributed by atoms with van der Waals surface area (Å²) in [5.41, 5.74) is 11.4. The molecule has 0 atom stereocenters. The standard InChI is InChI=1S/C28H24F2N6O6/c1-2-39-27(38)15-5-3-7-17(11-15)40-23-21(29)25(41-18-8-4-6-16(13-18)35-28(33)34)36-26(22(23)30)42-20-12-14(24(31)32)9-10-19(20)37/h3-13,37H,2H2,1H3,(H3,31,32)(H4,33,34,35). The molecule has 1 aromatic heterocycles. The predicted molar refractivity (Wildman–Crippen MR) is 148 cm³/mol. The number of nitrogens with zero attached hydrogens (tertiary/aromatic N) is 1. The minimum Gasteiger partial charge on any atom is -0.504 e. The lowest BCUT2D eigenvalue weighted by Gasteiger charge is -2.16. The fourth-order valence-electron chi connectivity index (χ4n) is 3.50. The average molecular weight is 579 g/mol. The van der Waals surface area contributed by atoms with Crippen molar-refractivity contribution in [2.24, 2.45) is 11.5 Å². The second kappa shape index (κ2) is 12.5. The van der Waals surface area contributed by atoms with E-state index in [4.69, 9.17) is 41.2 Å². The van der Waals surface area contributed by atoms with Crippen molar-refractivity contribution >= 4 is 23.5 Å². The maximum Gasteiger partial charge on any atom is 0.338 e. The zero-order chi connectivity index (χ0) is 30.4. The summed E-state index contributed by atoms with van der Waals surface area (Å²) >= 11 is 0. The molecular formula is C28H24F2N6O6. The SMILES string of the molecule is CCOC(=O)c1cccc(Oc2c(F)c(Oc3cccc(NC(=N)N)c3)nc(Oc3cc(C(=N)N)ccc3O)c2F)c1. The smallest absolute Gasteiger partial charge is 0.338 e. The molecule has 14 heteroatoms. The van der Waals surface area contributed by atoms with Crippen LogP contribution in [0.3, 0.4) is 0 Å². The summed E-state index contributed by atoms with van der Waals surface area (Å²) in [5, 5.41) is 27.8. The monoisotopic (exact) mass is 578 g/mol. The first-order chi connectivity index (χ1) is 20.0. The fourth-order valence-corrected chi connectivity index (χ4v) is 3.50. The maximum absolute atomic E-state index is 15.7. The Hall–Kier alpha value is -5.92. The third-order valence-corrected chi connectivity index (χ3v) is 5.35. The summed E-state index contributed by atoms with van der Waals surface area (Å²) in [6.07, 6.45) is 0. The van der Waals surface area contributed by atoms with Gasteiger partial charge in [-0.1, -0.05) is 12.1 Å². The predicted octanol–water partition coefficient (Wildman–Crippen LogP) is 5.21. The molecule has 0 fully saturated rings. The molecule has 216 valence electrons. The number of aromatic nitrogens is 1. The van der Waals surface area contributed by atoms with E-state index in [1.54, 1.807) is 13.0 Å². The molecular weight excluding hydrogens is 554 g/mol. The molecule has 0 spiro atoms. The third kappa shape index (κ3) is 6.80. The number of rotatable bonds is 10. The highest BCUT2D eigenvalue weighted by molar-refractivity contribution is 5.95. The molecule has 0 bridgehead atoms. The number of halogens is 2. The van der Waals surface area contributed by atoms with Crippen LogP contribution >= 0.6 is 0 Å². The molecule has 1 heterocycles. The zero-order valence-electron chi connectivity index (χ0n) is 21.9. The molecule has 0 saturated heterocycles. The number of phenolic OH excluding ortho intramolecular Hbond substituents is 1. The van der Waals surface area contributed by atoms with Crippen molar-refractivity contribution in [2.45, 2.75) is 6.92 Å². The van der Waals surface area contributed by atoms with E-state index in [9.17, 15) is 9.90 Å². The van der Waals surface area contributed by atoms with Gasteiger partial charge in [-0.2, -0.15) is 13.8 Å². The van der Waals surface area contributed by atoms with E-state index in [1.807, 2.05) is 0 Å². The number of esters is 1. The normalized spacial score (nSPS) is 10.5. The van der Waals surface area contributed by atoms with Crippen LogP contribution in [-0.2, 0) is 4.74 Å². The van der Waals surface area contributed by atoms with E-state index in [2.05, 4.69) is 10.3 Å². The van der Waals surface area contributed by atoms with E-state index >= 15 is 8.78 Å². The van der Waals surface area contributed by atoms with Crippen LogP contribution in [0.1, 0.15) is 22.8 Å². The van der Waals surface area contributed by atoms with Crippen LogP contribution < -0.4 is 31.0 Å². The second-order valence-electron chi connectivity index (χ2n) is 8.40. The number of carbonyl (C=O) groups is 1. The molecule has 4 rings (SSSR count). The van der Waals surface area contributed by atoms with Gasteiger partial charge in [0.15, 0.2) is 17.5 Å². The number of nitrogens with one attached hydrogen (secondary N) is 3. The third-order valence-electron chi connectivity index (χ3n) is 5.35. The van der Waals surface area contributed by atoms with Gasteiger partial charge in [0.25, 0.3) is 11.8 Å². The average Bonchev–Trinajstić information content (AvgIpc) is 2.94. The zero-order valence-corrected chi connectivity index (χ0v) is 21.9. The molecule has 42 heavy (non-hydrogen) atoms. The highest BCUT2D eigenvalue weighted by Crippen LogP contribution is 2.41. The van der Waals surface area contributed by atoms with Crippen molar-refractivity contribution in [3.8, 4) is 40.5 Å². The number of pyridine rings is 1. The van der Waals surface area contributed by atoms with Crippen LogP contribution in [0, 0.1) is 22.5 Å². The Labute approximate surface area is 237 Å². The molecule has 0 aliphatic heterocycles. The number of phenols is 1. The van der Waals surface area contributed by atoms with Crippen molar-refractivity contribution in [3.05, 3.63) is 89.5 Å². The lowest BCUT2D eigenvalue weighted by atomic mass is 10.2. The molecule has 0 unspecified atom stereocenters. The Morgan fingerprint density at radius 3 is 2.24 bits per heavy atom. The first kappa shape index (κ1) is 29.1. The molecule has 0 aliphatic rings. The van der Waals surface area contributed by atoms with Gasteiger partial charge in [-0.05, 0) is 55.5 Å². The summed E-state index contributed by atoms with van der Waals surface area (Å²) in [7, 11) is 0. The Kier molecular flexibility index (Phi) is 8.66. The van der Waals surface area contributed by atoms with E-state index in [-0.39, 0.29) is 46.8 Å². The first-order valence-corrected chi connectivity index (χ1v) is 12.1. The number of anilines is 1. The van der Waals surface area contributed by atoms with Gasteiger partial charge in [0, 0.05) is 17.3 Å². The Bertz CT molecular complexity index is 1680. The number of nitrogens with two attached hydrogens (primary N) is 2. The van der Waals surface area contributed by atoms with Gasteiger partial charge in [-0.15, -0.1) is 0 Å². The molecule has 12 nitrogen and oxygen atoms in total. The Morgan fingerprint density at radius 2 is 1.57 bits per heavy atom. The van der Waals surface area contributed by atoms with Crippen molar-refractivity contribution < 1.29 is 37.6 Å². The van der Waals surface area contributed by atoms with Gasteiger partial charge in [0.05, 0.1) is 12.2 Å². The lowest BCUT2D eigenvalue weighted by Crippen LogP contribution is -2.20. The Balaban J connectivity index is 1.80. The van der Waals surface area contributed by atoms with E-state index in [0.717, 1.165) is 12.1 Å². The van der Waals surface area contributed by atoms with Crippen molar-refractivity contribution in [3.63, 3.8) is 0 Å². The van der Waals surface area contributed by atoms with Crippen molar-refractivity contribution in [2.75, 3.05) is 11.9 Å². The van der Waals surface area contributed by atoms with Gasteiger partial charge in [0.1, 0.15) is 17.3 Å². The summed E-state index contributed by atoms with van der Waals surface area (Å²) < 4.78 is 52.9. The maximum atomic E-state index is 15.7. The quantitative estimate of drug-likeness (QED) is 0.0825. The van der Waals surface area contributed by atoms with E-state index < -0.39 is 40.9 Å². The number of carbonyl (C=O) groups excluding carboxylic acids is 1. The summed E-state index contributed by atoms with van der Waals surface area (Å²) in [6, 6.07) is 15.0. The van der Waals surface area contributed by atoms with Gasteiger partial charge in [-0.3, -0.25) is 10.8 Å². The number of nitrogen functional groups attached to an aromatic ring is 1. The van der Waals surface area contributed by atoms with Crippen LogP contribution in [-0.4, -0.2) is 34.5 Å². The number of aromatic hydroxyl groups is 1. The molecule has 0 amide bonds. The van der Waals surface area contributed by atoms with E-state index in [0.29, 0.717) is 5.69 Å². The van der Waals surface area contributed by atoms with Crippen LogP contribution in [0.15, 0.2) is 66.7 Å². The van der Waals surface area contributed by atoms with E-state index in [1.165, 1.54) is 48.5 Å². The van der Waals surface area contributed by atoms with Crippen LogP contribution in [0.2, 0.25) is 0 Å². The molecule has 4 aromatic rings. The second-order valence-corrected chi connectivity index (χ2v) is 8.40. The summed E-state index contributed by atoms with van der Waals surface area (Å²) in [4.78, 5) is 16.0. The van der Waals surface area contributed by atoms with Gasteiger partial charge >= 0.3 is 5.97 Å². The summed E-state index contributed by atoms with van der Waals surface area (Å²) in [6.45, 7) is 1.73. The van der Waals surface area contributed by atoms with Gasteiger partial charge in [0.2, 0.25) is 17.4 Å². The van der Waals surface area contributed by atoms with Crippen molar-refractivity contribution in [1.29, 1.82) is 10.8 Å². The minimum absolute atomic E-state index is 0.0156. The minimum atomic E-state index is -1.42. The highest BCUT2D eigenvalue weighted by Gasteiger charge is 2.27. The first-order valence-electron chi connectivity index (χ1n) is 12.1. The molecule has 3 aromatic carbocycles. The van der Waals surface area contributed by atoms with Crippen LogP contribution in [0.4, 0.5) is 14.5 Å². The topological polar surface area (TPSA) is 199 Å². The molecule has 8 N–H and O–H groups in total. The largest absolute Gasteiger partial charge is 0.504 e. The van der Waals surface area contributed by atoms with Gasteiger partial charge in [-0.25, -0.2) is 4.79 Å². The molecule has 0 saturated carbocycles. The number of hydrogen-bond donors (Lipinski definition) is 6. The molecule has 0 aliphatic carbocycles. The summed E-state index contributed by atoms with van der Waals surface area (Å²) in [5.74, 6) is -7.75.